The van der Waals surface area contributed by atoms with Gasteiger partial charge in [0.1, 0.15) is 11.9 Å². The standard InChI is InChI=1S/C15H16ClFN2O2/c16-12-3-1-2-11(6-12)14-18-13(8-21-14)7-19-5-4-15(17,9-19)10-20/h1-3,6,8,20H,4-5,7,9-10H2. The summed E-state index contributed by atoms with van der Waals surface area (Å²) in [6.07, 6.45) is 1.93. The molecule has 1 aromatic carbocycles. The van der Waals surface area contributed by atoms with Crippen molar-refractivity contribution in [1.29, 1.82) is 0 Å². The minimum atomic E-state index is -1.49. The average Bonchev–Trinajstić information content (AvgIpc) is 3.07. The molecule has 0 saturated carbocycles. The van der Waals surface area contributed by atoms with Crippen LogP contribution in [0.5, 0.6) is 0 Å². The summed E-state index contributed by atoms with van der Waals surface area (Å²) in [4.78, 5) is 6.33. The molecular formula is C15H16ClFN2O2. The number of aromatic nitrogens is 1. The second-order valence-electron chi connectivity index (χ2n) is 5.42. The molecule has 0 aliphatic carbocycles. The summed E-state index contributed by atoms with van der Waals surface area (Å²) in [7, 11) is 0. The Hall–Kier alpha value is -1.43. The number of halogens is 2. The Morgan fingerprint density at radius 2 is 2.33 bits per heavy atom. The van der Waals surface area contributed by atoms with E-state index in [0.29, 0.717) is 30.4 Å². The maximum absolute atomic E-state index is 14.0. The molecule has 6 heteroatoms. The van der Waals surface area contributed by atoms with Gasteiger partial charge in [-0.15, -0.1) is 0 Å². The number of hydrogen-bond acceptors (Lipinski definition) is 4. The van der Waals surface area contributed by atoms with Crippen LogP contribution in [0.1, 0.15) is 12.1 Å². The number of hydrogen-bond donors (Lipinski definition) is 1. The van der Waals surface area contributed by atoms with E-state index in [1.165, 1.54) is 0 Å². The fourth-order valence-corrected chi connectivity index (χ4v) is 2.73. The first-order valence-electron chi connectivity index (χ1n) is 6.80. The molecule has 1 N–H and O–H groups in total. The zero-order valence-electron chi connectivity index (χ0n) is 11.4. The molecule has 2 aromatic rings. The van der Waals surface area contributed by atoms with Gasteiger partial charge in [-0.1, -0.05) is 17.7 Å². The quantitative estimate of drug-likeness (QED) is 0.943. The molecule has 1 aliphatic rings. The third kappa shape index (κ3) is 3.26. The zero-order chi connectivity index (χ0) is 14.9. The highest BCUT2D eigenvalue weighted by molar-refractivity contribution is 6.30. The van der Waals surface area contributed by atoms with Gasteiger partial charge in [-0.05, 0) is 24.6 Å². The highest BCUT2D eigenvalue weighted by Gasteiger charge is 2.37. The van der Waals surface area contributed by atoms with Crippen molar-refractivity contribution in [2.45, 2.75) is 18.6 Å². The minimum absolute atomic E-state index is 0.225. The van der Waals surface area contributed by atoms with Crippen molar-refractivity contribution in [1.82, 2.24) is 9.88 Å². The molecule has 0 spiro atoms. The van der Waals surface area contributed by atoms with Crippen molar-refractivity contribution in [3.8, 4) is 11.5 Å². The molecule has 1 atom stereocenters. The molecule has 0 bridgehead atoms. The van der Waals surface area contributed by atoms with Gasteiger partial charge in [0.15, 0.2) is 0 Å². The monoisotopic (exact) mass is 310 g/mol. The molecule has 1 unspecified atom stereocenters. The van der Waals surface area contributed by atoms with Gasteiger partial charge >= 0.3 is 0 Å². The number of nitrogens with zero attached hydrogens (tertiary/aromatic N) is 2. The SMILES string of the molecule is OCC1(F)CCN(Cc2coc(-c3cccc(Cl)c3)n2)C1. The Labute approximate surface area is 127 Å². The number of benzene rings is 1. The number of aliphatic hydroxyl groups is 1. The fraction of sp³-hybridized carbons (Fsp3) is 0.400. The van der Waals surface area contributed by atoms with E-state index in [1.807, 2.05) is 17.0 Å². The number of rotatable bonds is 4. The summed E-state index contributed by atoms with van der Waals surface area (Å²) in [6, 6.07) is 7.27. The van der Waals surface area contributed by atoms with E-state index in [0.717, 1.165) is 11.3 Å². The van der Waals surface area contributed by atoms with Gasteiger partial charge in [-0.2, -0.15) is 0 Å². The van der Waals surface area contributed by atoms with Gasteiger partial charge in [-0.25, -0.2) is 9.37 Å². The fourth-order valence-electron chi connectivity index (χ4n) is 2.54. The highest BCUT2D eigenvalue weighted by Crippen LogP contribution is 2.27. The maximum atomic E-state index is 14.0. The van der Waals surface area contributed by atoms with Gasteiger partial charge < -0.3 is 9.52 Å². The van der Waals surface area contributed by atoms with Crippen molar-refractivity contribution in [3.63, 3.8) is 0 Å². The second-order valence-corrected chi connectivity index (χ2v) is 5.86. The van der Waals surface area contributed by atoms with E-state index in [1.54, 1.807) is 18.4 Å². The zero-order valence-corrected chi connectivity index (χ0v) is 12.2. The van der Waals surface area contributed by atoms with E-state index in [-0.39, 0.29) is 6.54 Å². The van der Waals surface area contributed by atoms with Gasteiger partial charge in [0.05, 0.1) is 12.3 Å². The van der Waals surface area contributed by atoms with Crippen LogP contribution in [0.4, 0.5) is 4.39 Å². The van der Waals surface area contributed by atoms with Crippen LogP contribution in [0, 0.1) is 0 Å². The molecule has 1 saturated heterocycles. The Morgan fingerprint density at radius 3 is 3.05 bits per heavy atom. The Kier molecular flexibility index (Phi) is 3.97. The van der Waals surface area contributed by atoms with E-state index in [4.69, 9.17) is 21.1 Å². The van der Waals surface area contributed by atoms with E-state index in [2.05, 4.69) is 4.98 Å². The van der Waals surface area contributed by atoms with E-state index < -0.39 is 12.3 Å². The third-order valence-electron chi connectivity index (χ3n) is 3.68. The summed E-state index contributed by atoms with van der Waals surface area (Å²) in [6.45, 7) is 0.908. The van der Waals surface area contributed by atoms with Crippen LogP contribution in [0.25, 0.3) is 11.5 Å². The lowest BCUT2D eigenvalue weighted by molar-refractivity contribution is 0.0768. The van der Waals surface area contributed by atoms with E-state index in [9.17, 15) is 4.39 Å². The molecule has 1 aliphatic heterocycles. The number of alkyl halides is 1. The Morgan fingerprint density at radius 1 is 1.48 bits per heavy atom. The summed E-state index contributed by atoms with van der Waals surface area (Å²) in [5, 5.41) is 9.66. The Bertz CT molecular complexity index is 634. The maximum Gasteiger partial charge on any atom is 0.226 e. The van der Waals surface area contributed by atoms with Gasteiger partial charge in [0, 0.05) is 30.2 Å². The topological polar surface area (TPSA) is 49.5 Å². The first kappa shape index (κ1) is 14.5. The molecule has 1 aromatic heterocycles. The first-order valence-corrected chi connectivity index (χ1v) is 7.18. The summed E-state index contributed by atoms with van der Waals surface area (Å²) >= 11 is 5.94. The summed E-state index contributed by atoms with van der Waals surface area (Å²) < 4.78 is 19.4. The van der Waals surface area contributed by atoms with Gasteiger partial charge in [0.25, 0.3) is 0 Å². The van der Waals surface area contributed by atoms with Crippen molar-refractivity contribution in [3.05, 3.63) is 41.2 Å². The molecular weight excluding hydrogens is 295 g/mol. The van der Waals surface area contributed by atoms with E-state index >= 15 is 0 Å². The van der Waals surface area contributed by atoms with Crippen molar-refractivity contribution in [2.24, 2.45) is 0 Å². The predicted octanol–water partition coefficient (Wildman–Crippen LogP) is 2.90. The number of aliphatic hydroxyl groups excluding tert-OH is 1. The molecule has 112 valence electrons. The third-order valence-corrected chi connectivity index (χ3v) is 3.91. The summed E-state index contributed by atoms with van der Waals surface area (Å²) in [5.41, 5.74) is 0.0667. The average molecular weight is 311 g/mol. The van der Waals surface area contributed by atoms with Gasteiger partial charge in [0.2, 0.25) is 5.89 Å². The van der Waals surface area contributed by atoms with Crippen LogP contribution in [-0.2, 0) is 6.54 Å². The molecule has 2 heterocycles. The van der Waals surface area contributed by atoms with Crippen molar-refractivity contribution in [2.75, 3.05) is 19.7 Å². The molecule has 4 nitrogen and oxygen atoms in total. The minimum Gasteiger partial charge on any atom is -0.444 e. The van der Waals surface area contributed by atoms with Crippen LogP contribution in [0.2, 0.25) is 5.02 Å². The lowest BCUT2D eigenvalue weighted by Crippen LogP contribution is -2.32. The van der Waals surface area contributed by atoms with Gasteiger partial charge in [-0.3, -0.25) is 4.90 Å². The number of likely N-dealkylation sites (tertiary alicyclic amines) is 1. The smallest absolute Gasteiger partial charge is 0.226 e. The lowest BCUT2D eigenvalue weighted by atomic mass is 10.1. The highest BCUT2D eigenvalue weighted by atomic mass is 35.5. The van der Waals surface area contributed by atoms with Crippen LogP contribution in [0.3, 0.4) is 0 Å². The van der Waals surface area contributed by atoms with Crippen LogP contribution in [0.15, 0.2) is 34.9 Å². The molecule has 1 fully saturated rings. The molecule has 0 radical (unpaired) electrons. The van der Waals surface area contributed by atoms with Crippen LogP contribution >= 0.6 is 11.6 Å². The normalized spacial score (nSPS) is 22.8. The summed E-state index contributed by atoms with van der Waals surface area (Å²) in [5.74, 6) is 0.500. The van der Waals surface area contributed by atoms with Crippen molar-refractivity contribution >= 4 is 11.6 Å². The van der Waals surface area contributed by atoms with Crippen LogP contribution < -0.4 is 0 Å². The molecule has 3 rings (SSSR count). The largest absolute Gasteiger partial charge is 0.444 e. The van der Waals surface area contributed by atoms with Crippen molar-refractivity contribution < 1.29 is 13.9 Å². The first-order chi connectivity index (χ1) is 10.1. The second kappa shape index (κ2) is 5.75. The van der Waals surface area contributed by atoms with Crippen LogP contribution in [-0.4, -0.2) is 40.4 Å². The Balaban J connectivity index is 1.69. The lowest BCUT2D eigenvalue weighted by Gasteiger charge is -2.17. The predicted molar refractivity (Wildman–Crippen MR) is 77.8 cm³/mol. The number of oxazole rings is 1. The molecule has 0 amide bonds. The molecule has 21 heavy (non-hydrogen) atoms.